The highest BCUT2D eigenvalue weighted by Gasteiger charge is 2.24. The first-order valence-electron chi connectivity index (χ1n) is 8.97. The second-order valence-corrected chi connectivity index (χ2v) is 9.60. The Kier molecular flexibility index (Phi) is 5.31. The number of halogens is 2. The number of hydrogen-bond acceptors (Lipinski definition) is 5. The van der Waals surface area contributed by atoms with Gasteiger partial charge in [0.05, 0.1) is 15.1 Å². The molecule has 1 aliphatic rings. The lowest BCUT2D eigenvalue weighted by Crippen LogP contribution is -2.38. The van der Waals surface area contributed by atoms with E-state index in [0.717, 1.165) is 53.4 Å². The van der Waals surface area contributed by atoms with E-state index in [0.29, 0.717) is 6.07 Å². The van der Waals surface area contributed by atoms with Crippen molar-refractivity contribution in [1.82, 2.24) is 9.71 Å². The third-order valence-corrected chi connectivity index (χ3v) is 7.45. The van der Waals surface area contributed by atoms with Crippen molar-refractivity contribution in [3.63, 3.8) is 0 Å². The lowest BCUT2D eigenvalue weighted by atomic mass is 9.97. The van der Waals surface area contributed by atoms with Gasteiger partial charge in [0.25, 0.3) is 0 Å². The highest BCUT2D eigenvalue weighted by atomic mass is 32.2. The predicted molar refractivity (Wildman–Crippen MR) is 106 cm³/mol. The van der Waals surface area contributed by atoms with Crippen LogP contribution < -0.4 is 9.62 Å². The molecule has 4 rings (SSSR count). The van der Waals surface area contributed by atoms with Crippen LogP contribution in [0.4, 0.5) is 13.9 Å². The van der Waals surface area contributed by atoms with Crippen molar-refractivity contribution in [3.8, 4) is 0 Å². The van der Waals surface area contributed by atoms with E-state index in [9.17, 15) is 17.2 Å². The number of piperidine rings is 1. The van der Waals surface area contributed by atoms with Crippen molar-refractivity contribution in [1.29, 1.82) is 0 Å². The third-order valence-electron chi connectivity index (χ3n) is 4.93. The maximum atomic E-state index is 13.3. The van der Waals surface area contributed by atoms with Crippen molar-refractivity contribution in [2.45, 2.75) is 17.7 Å². The summed E-state index contributed by atoms with van der Waals surface area (Å²) in [6, 6.07) is 10.6. The van der Waals surface area contributed by atoms with Crippen LogP contribution in [0.15, 0.2) is 47.4 Å². The number of aromatic nitrogens is 1. The minimum absolute atomic E-state index is 0.186. The van der Waals surface area contributed by atoms with Crippen LogP contribution in [0.5, 0.6) is 0 Å². The number of nitrogens with zero attached hydrogens (tertiary/aromatic N) is 2. The van der Waals surface area contributed by atoms with Gasteiger partial charge in [0, 0.05) is 19.6 Å². The van der Waals surface area contributed by atoms with Crippen molar-refractivity contribution >= 4 is 36.7 Å². The van der Waals surface area contributed by atoms with E-state index in [1.807, 2.05) is 18.2 Å². The van der Waals surface area contributed by atoms with Crippen molar-refractivity contribution in [3.05, 3.63) is 54.1 Å². The van der Waals surface area contributed by atoms with Crippen LogP contribution in [0, 0.1) is 17.6 Å². The Morgan fingerprint density at radius 2 is 1.86 bits per heavy atom. The van der Waals surface area contributed by atoms with Gasteiger partial charge in [-0.15, -0.1) is 0 Å². The van der Waals surface area contributed by atoms with Gasteiger partial charge in [0.2, 0.25) is 10.0 Å². The average molecular weight is 424 g/mol. The molecule has 9 heteroatoms. The molecule has 0 saturated carbocycles. The third kappa shape index (κ3) is 4.01. The molecular formula is C19H19F2N3O2S2. The molecule has 1 fully saturated rings. The normalized spacial score (nSPS) is 16.0. The molecule has 2 aromatic carbocycles. The monoisotopic (exact) mass is 423 g/mol. The highest BCUT2D eigenvalue weighted by molar-refractivity contribution is 7.89. The van der Waals surface area contributed by atoms with Gasteiger partial charge in [0.1, 0.15) is 0 Å². The van der Waals surface area contributed by atoms with Crippen molar-refractivity contribution in [2.75, 3.05) is 24.5 Å². The molecule has 148 valence electrons. The molecule has 1 aliphatic heterocycles. The quantitative estimate of drug-likeness (QED) is 0.679. The van der Waals surface area contributed by atoms with Crippen LogP contribution in [-0.2, 0) is 10.0 Å². The van der Waals surface area contributed by atoms with Gasteiger partial charge >= 0.3 is 0 Å². The molecule has 2 heterocycles. The van der Waals surface area contributed by atoms with E-state index in [4.69, 9.17) is 0 Å². The smallest absolute Gasteiger partial charge is 0.240 e. The van der Waals surface area contributed by atoms with E-state index in [1.54, 1.807) is 11.3 Å². The SMILES string of the molecule is O=S(=O)(NCC1CCN(c2nc3ccccc3s2)CC1)c1ccc(F)c(F)c1. The molecule has 1 saturated heterocycles. The summed E-state index contributed by atoms with van der Waals surface area (Å²) >= 11 is 1.66. The zero-order valence-corrected chi connectivity index (χ0v) is 16.6. The molecule has 3 aromatic rings. The largest absolute Gasteiger partial charge is 0.348 e. The van der Waals surface area contributed by atoms with Gasteiger partial charge in [-0.1, -0.05) is 23.5 Å². The zero-order valence-electron chi connectivity index (χ0n) is 14.9. The van der Waals surface area contributed by atoms with Crippen molar-refractivity contribution in [2.24, 2.45) is 5.92 Å². The van der Waals surface area contributed by atoms with Crippen LogP contribution in [0.3, 0.4) is 0 Å². The van der Waals surface area contributed by atoms with Crippen LogP contribution in [0.2, 0.25) is 0 Å². The summed E-state index contributed by atoms with van der Waals surface area (Å²) < 4.78 is 54.6. The Hall–Kier alpha value is -2.10. The fourth-order valence-corrected chi connectivity index (χ4v) is 5.42. The number of fused-ring (bicyclic) bond motifs is 1. The van der Waals surface area contributed by atoms with E-state index < -0.39 is 21.7 Å². The minimum Gasteiger partial charge on any atom is -0.348 e. The summed E-state index contributed by atoms with van der Waals surface area (Å²) in [5, 5.41) is 0.988. The van der Waals surface area contributed by atoms with Crippen LogP contribution in [0.1, 0.15) is 12.8 Å². The number of rotatable bonds is 5. The lowest BCUT2D eigenvalue weighted by molar-refractivity contribution is 0.402. The molecule has 0 radical (unpaired) electrons. The number of thiazole rings is 1. The number of para-hydroxylation sites is 1. The predicted octanol–water partition coefficient (Wildman–Crippen LogP) is 3.77. The summed E-state index contributed by atoms with van der Waals surface area (Å²) in [7, 11) is -3.86. The zero-order chi connectivity index (χ0) is 19.7. The molecule has 28 heavy (non-hydrogen) atoms. The Balaban J connectivity index is 1.34. The van der Waals surface area contributed by atoms with Crippen molar-refractivity contribution < 1.29 is 17.2 Å². The number of benzene rings is 2. The van der Waals surface area contributed by atoms with Crippen LogP contribution >= 0.6 is 11.3 Å². The Bertz CT molecular complexity index is 1060. The fourth-order valence-electron chi connectivity index (χ4n) is 3.28. The molecule has 0 unspecified atom stereocenters. The van der Waals surface area contributed by atoms with Crippen LogP contribution in [0.25, 0.3) is 10.2 Å². The molecule has 0 bridgehead atoms. The van der Waals surface area contributed by atoms with E-state index in [-0.39, 0.29) is 17.4 Å². The molecule has 1 aromatic heterocycles. The molecule has 5 nitrogen and oxygen atoms in total. The van der Waals surface area contributed by atoms with Crippen LogP contribution in [-0.4, -0.2) is 33.0 Å². The Morgan fingerprint density at radius 3 is 2.57 bits per heavy atom. The summed E-state index contributed by atoms with van der Waals surface area (Å²) in [5.41, 5.74) is 0.990. The fraction of sp³-hybridized carbons (Fsp3) is 0.316. The number of sulfonamides is 1. The van der Waals surface area contributed by atoms with E-state index in [2.05, 4.69) is 20.7 Å². The average Bonchev–Trinajstić information content (AvgIpc) is 3.13. The summed E-state index contributed by atoms with van der Waals surface area (Å²) in [5.74, 6) is -2.06. The van der Waals surface area contributed by atoms with Gasteiger partial charge in [0.15, 0.2) is 16.8 Å². The molecule has 0 atom stereocenters. The molecule has 0 aliphatic carbocycles. The number of hydrogen-bond donors (Lipinski definition) is 1. The van der Waals surface area contributed by atoms with Gasteiger partial charge in [-0.25, -0.2) is 26.9 Å². The standard InChI is InChI=1S/C19H19F2N3O2S2/c20-15-6-5-14(11-16(15)21)28(25,26)22-12-13-7-9-24(10-8-13)19-23-17-3-1-2-4-18(17)27-19/h1-6,11,13,22H,7-10,12H2. The summed E-state index contributed by atoms with van der Waals surface area (Å²) in [4.78, 5) is 6.63. The first-order chi connectivity index (χ1) is 13.4. The van der Waals surface area contributed by atoms with Gasteiger partial charge in [-0.2, -0.15) is 0 Å². The maximum absolute atomic E-state index is 13.3. The molecule has 1 N–H and O–H groups in total. The Labute approximate surface area is 166 Å². The van der Waals surface area contributed by atoms with E-state index in [1.165, 1.54) is 0 Å². The summed E-state index contributed by atoms with van der Waals surface area (Å²) in [6.45, 7) is 1.88. The Morgan fingerprint density at radius 1 is 1.11 bits per heavy atom. The van der Waals surface area contributed by atoms with E-state index >= 15 is 0 Å². The lowest BCUT2D eigenvalue weighted by Gasteiger charge is -2.31. The molecule has 0 spiro atoms. The minimum atomic E-state index is -3.86. The topological polar surface area (TPSA) is 62.3 Å². The second-order valence-electron chi connectivity index (χ2n) is 6.82. The molecule has 0 amide bonds. The van der Waals surface area contributed by atoms with Gasteiger partial charge in [-0.05, 0) is 49.1 Å². The first-order valence-corrected chi connectivity index (χ1v) is 11.3. The number of anilines is 1. The highest BCUT2D eigenvalue weighted by Crippen LogP contribution is 2.31. The van der Waals surface area contributed by atoms with Gasteiger partial charge in [-0.3, -0.25) is 0 Å². The molecular weight excluding hydrogens is 404 g/mol. The second kappa shape index (κ2) is 7.73. The number of nitrogens with one attached hydrogen (secondary N) is 1. The summed E-state index contributed by atoms with van der Waals surface area (Å²) in [6.07, 6.45) is 1.66. The maximum Gasteiger partial charge on any atom is 0.240 e. The van der Waals surface area contributed by atoms with Gasteiger partial charge < -0.3 is 4.90 Å². The first kappa shape index (κ1) is 19.2.